The van der Waals surface area contributed by atoms with Gasteiger partial charge in [0, 0.05) is 38.6 Å². The summed E-state index contributed by atoms with van der Waals surface area (Å²) in [7, 11) is 4.03. The molecule has 0 aliphatic heterocycles. The number of hydrogen-bond donors (Lipinski definition) is 1. The second-order valence-electron chi connectivity index (χ2n) is 4.99. The van der Waals surface area contributed by atoms with E-state index in [9.17, 15) is 0 Å². The molecule has 0 radical (unpaired) electrons. The summed E-state index contributed by atoms with van der Waals surface area (Å²) < 4.78 is 7.57. The van der Waals surface area contributed by atoms with Crippen LogP contribution in [0.3, 0.4) is 0 Å². The Morgan fingerprint density at radius 2 is 2.19 bits per heavy atom. The van der Waals surface area contributed by atoms with E-state index >= 15 is 0 Å². The van der Waals surface area contributed by atoms with Crippen LogP contribution >= 0.6 is 0 Å². The van der Waals surface area contributed by atoms with Crippen molar-refractivity contribution in [2.45, 2.75) is 20.0 Å². The Morgan fingerprint density at radius 3 is 2.95 bits per heavy atom. The number of nitrogens with zero attached hydrogens (tertiary/aromatic N) is 4. The quantitative estimate of drug-likeness (QED) is 0.799. The smallest absolute Gasteiger partial charge is 0.121 e. The van der Waals surface area contributed by atoms with Gasteiger partial charge in [0.2, 0.25) is 0 Å². The highest BCUT2D eigenvalue weighted by Gasteiger charge is 2.01. The zero-order chi connectivity index (χ0) is 15.1. The fourth-order valence-electron chi connectivity index (χ4n) is 1.89. The van der Waals surface area contributed by atoms with Crippen molar-refractivity contribution < 1.29 is 4.74 Å². The second-order valence-corrected chi connectivity index (χ2v) is 4.99. The summed E-state index contributed by atoms with van der Waals surface area (Å²) in [5.74, 6) is 0.870. The number of aromatic nitrogens is 3. The van der Waals surface area contributed by atoms with Gasteiger partial charge in [-0.25, -0.2) is 4.68 Å². The Labute approximate surface area is 125 Å². The van der Waals surface area contributed by atoms with Gasteiger partial charge >= 0.3 is 0 Å². The fraction of sp³-hybridized carbons (Fsp3) is 0.467. The lowest BCUT2D eigenvalue weighted by molar-refractivity contribution is 0.290. The predicted octanol–water partition coefficient (Wildman–Crippen LogP) is 1.53. The van der Waals surface area contributed by atoms with Gasteiger partial charge < -0.3 is 15.0 Å². The Morgan fingerprint density at radius 1 is 1.33 bits per heavy atom. The van der Waals surface area contributed by atoms with Gasteiger partial charge in [0.05, 0.1) is 12.2 Å². The Kier molecular flexibility index (Phi) is 5.57. The molecule has 114 valence electrons. The molecule has 6 heteroatoms. The summed E-state index contributed by atoms with van der Waals surface area (Å²) in [4.78, 5) is 2.05. The van der Waals surface area contributed by atoms with Gasteiger partial charge in [-0.05, 0) is 18.7 Å². The van der Waals surface area contributed by atoms with E-state index in [1.165, 1.54) is 0 Å². The maximum absolute atomic E-state index is 5.76. The highest BCUT2D eigenvalue weighted by molar-refractivity contribution is 5.49. The van der Waals surface area contributed by atoms with Crippen molar-refractivity contribution in [1.29, 1.82) is 0 Å². The molecular formula is C15H23N5O. The van der Waals surface area contributed by atoms with Gasteiger partial charge in [-0.15, -0.1) is 5.10 Å². The molecule has 0 amide bonds. The predicted molar refractivity (Wildman–Crippen MR) is 83.7 cm³/mol. The Bertz CT molecular complexity index is 553. The van der Waals surface area contributed by atoms with E-state index in [0.29, 0.717) is 13.2 Å². The van der Waals surface area contributed by atoms with Gasteiger partial charge in [-0.2, -0.15) is 0 Å². The molecule has 0 fully saturated rings. The molecule has 0 atom stereocenters. The van der Waals surface area contributed by atoms with E-state index in [1.807, 2.05) is 43.2 Å². The van der Waals surface area contributed by atoms with Crippen LogP contribution < -0.4 is 15.0 Å². The van der Waals surface area contributed by atoms with Crippen LogP contribution in [0.25, 0.3) is 0 Å². The zero-order valence-electron chi connectivity index (χ0n) is 12.9. The number of benzene rings is 1. The van der Waals surface area contributed by atoms with Gasteiger partial charge in [-0.3, -0.25) is 0 Å². The first-order valence-electron chi connectivity index (χ1n) is 7.19. The summed E-state index contributed by atoms with van der Waals surface area (Å²) in [5, 5.41) is 11.4. The van der Waals surface area contributed by atoms with Crippen LogP contribution in [-0.4, -0.2) is 42.2 Å². The minimum Gasteiger partial charge on any atom is -0.492 e. The molecule has 21 heavy (non-hydrogen) atoms. The highest BCUT2D eigenvalue weighted by atomic mass is 16.5. The summed E-state index contributed by atoms with van der Waals surface area (Å²) in [6.07, 6.45) is 1.95. The van der Waals surface area contributed by atoms with Crippen molar-refractivity contribution in [3.05, 3.63) is 36.2 Å². The molecule has 2 aromatic rings. The number of anilines is 1. The van der Waals surface area contributed by atoms with Crippen molar-refractivity contribution in [1.82, 2.24) is 20.3 Å². The van der Waals surface area contributed by atoms with Crippen molar-refractivity contribution in [2.75, 3.05) is 32.1 Å². The van der Waals surface area contributed by atoms with Crippen LogP contribution in [0.2, 0.25) is 0 Å². The van der Waals surface area contributed by atoms with Crippen molar-refractivity contribution in [3.8, 4) is 5.75 Å². The van der Waals surface area contributed by atoms with Crippen LogP contribution in [0.1, 0.15) is 12.6 Å². The first kappa shape index (κ1) is 15.3. The minimum atomic E-state index is 0.570. The van der Waals surface area contributed by atoms with Crippen molar-refractivity contribution in [3.63, 3.8) is 0 Å². The summed E-state index contributed by atoms with van der Waals surface area (Å²) in [6.45, 7) is 5.01. The summed E-state index contributed by atoms with van der Waals surface area (Å²) in [6, 6.07) is 8.04. The van der Waals surface area contributed by atoms with Gasteiger partial charge in [-0.1, -0.05) is 18.2 Å². The van der Waals surface area contributed by atoms with E-state index in [0.717, 1.165) is 30.2 Å². The molecule has 0 spiro atoms. The van der Waals surface area contributed by atoms with Gasteiger partial charge in [0.25, 0.3) is 0 Å². The first-order chi connectivity index (χ1) is 10.2. The number of rotatable bonds is 8. The molecule has 0 aliphatic carbocycles. The first-order valence-corrected chi connectivity index (χ1v) is 7.19. The maximum atomic E-state index is 5.76. The molecule has 6 nitrogen and oxygen atoms in total. The molecule has 2 rings (SSSR count). The molecule has 1 heterocycles. The molecule has 0 aliphatic rings. The monoisotopic (exact) mass is 289 g/mol. The van der Waals surface area contributed by atoms with Crippen LogP contribution in [0.5, 0.6) is 5.75 Å². The number of hydrogen-bond acceptors (Lipinski definition) is 5. The van der Waals surface area contributed by atoms with Crippen LogP contribution in [0.4, 0.5) is 5.69 Å². The summed E-state index contributed by atoms with van der Waals surface area (Å²) in [5.41, 5.74) is 2.08. The third-order valence-electron chi connectivity index (χ3n) is 3.07. The van der Waals surface area contributed by atoms with Gasteiger partial charge in [0.15, 0.2) is 0 Å². The standard InChI is InChI=1S/C15H23N5O/c1-4-16-11-13-12-20(18-17-13)8-9-21-15-7-5-6-14(10-15)19(2)3/h5-7,10,12,16H,4,8-9,11H2,1-3H3. The summed E-state index contributed by atoms with van der Waals surface area (Å²) >= 11 is 0. The third-order valence-corrected chi connectivity index (χ3v) is 3.07. The normalized spacial score (nSPS) is 10.6. The largest absolute Gasteiger partial charge is 0.492 e. The molecule has 0 bridgehead atoms. The maximum Gasteiger partial charge on any atom is 0.121 e. The number of ether oxygens (including phenoxy) is 1. The topological polar surface area (TPSA) is 55.2 Å². The average molecular weight is 289 g/mol. The molecule has 0 saturated heterocycles. The number of nitrogens with one attached hydrogen (secondary N) is 1. The third kappa shape index (κ3) is 4.75. The molecule has 0 unspecified atom stereocenters. The fourth-order valence-corrected chi connectivity index (χ4v) is 1.89. The van der Waals surface area contributed by atoms with E-state index in [2.05, 4.69) is 33.5 Å². The Hall–Kier alpha value is -2.08. The molecule has 1 N–H and O–H groups in total. The van der Waals surface area contributed by atoms with Crippen LogP contribution in [0.15, 0.2) is 30.5 Å². The van der Waals surface area contributed by atoms with E-state index in [1.54, 1.807) is 0 Å². The lowest BCUT2D eigenvalue weighted by atomic mass is 10.3. The van der Waals surface area contributed by atoms with Crippen LogP contribution in [0, 0.1) is 0 Å². The molecule has 0 saturated carbocycles. The van der Waals surface area contributed by atoms with E-state index in [4.69, 9.17) is 4.74 Å². The lowest BCUT2D eigenvalue weighted by Crippen LogP contribution is -2.12. The van der Waals surface area contributed by atoms with Gasteiger partial charge in [0.1, 0.15) is 12.4 Å². The molecule has 1 aromatic carbocycles. The average Bonchev–Trinajstić information content (AvgIpc) is 2.93. The van der Waals surface area contributed by atoms with E-state index in [-0.39, 0.29) is 0 Å². The minimum absolute atomic E-state index is 0.570. The molecule has 1 aromatic heterocycles. The van der Waals surface area contributed by atoms with E-state index < -0.39 is 0 Å². The molecular weight excluding hydrogens is 266 g/mol. The van der Waals surface area contributed by atoms with Crippen molar-refractivity contribution >= 4 is 5.69 Å². The highest BCUT2D eigenvalue weighted by Crippen LogP contribution is 2.19. The van der Waals surface area contributed by atoms with Crippen molar-refractivity contribution in [2.24, 2.45) is 0 Å². The SMILES string of the molecule is CCNCc1cn(CCOc2cccc(N(C)C)c2)nn1. The van der Waals surface area contributed by atoms with Crippen LogP contribution in [-0.2, 0) is 13.1 Å². The lowest BCUT2D eigenvalue weighted by Gasteiger charge is -2.14. The zero-order valence-corrected chi connectivity index (χ0v) is 12.9. The Balaban J connectivity index is 1.81. The second kappa shape index (κ2) is 7.64.